The predicted molar refractivity (Wildman–Crippen MR) is 70.8 cm³/mol. The Hall–Kier alpha value is -1.49. The van der Waals surface area contributed by atoms with Crippen LogP contribution in [0.5, 0.6) is 11.6 Å². The summed E-state index contributed by atoms with van der Waals surface area (Å²) >= 11 is 5.95. The molecule has 0 spiro atoms. The van der Waals surface area contributed by atoms with E-state index in [0.717, 1.165) is 0 Å². The zero-order chi connectivity index (χ0) is 11.4. The van der Waals surface area contributed by atoms with Crippen LogP contribution in [0.1, 0.15) is 0 Å². The van der Waals surface area contributed by atoms with Crippen LogP contribution >= 0.6 is 24.0 Å². The van der Waals surface area contributed by atoms with Gasteiger partial charge in [0.05, 0.1) is 10.7 Å². The summed E-state index contributed by atoms with van der Waals surface area (Å²) in [6.07, 6.45) is 1.66. The molecular weight excluding hydrogens is 261 g/mol. The molecule has 2 aromatic rings. The fourth-order valence-electron chi connectivity index (χ4n) is 1.20. The van der Waals surface area contributed by atoms with Gasteiger partial charge in [0.25, 0.3) is 0 Å². The molecule has 0 fully saturated rings. The lowest BCUT2D eigenvalue weighted by Crippen LogP contribution is -2.06. The van der Waals surface area contributed by atoms with Gasteiger partial charge in [0.1, 0.15) is 5.75 Å². The number of benzene rings is 1. The number of nitrogens with one attached hydrogen (secondary N) is 1. The Morgan fingerprint density at radius 1 is 1.24 bits per heavy atom. The average molecular weight is 272 g/mol. The Balaban J connectivity index is 0.00000144. The molecule has 0 bridgehead atoms. The van der Waals surface area contributed by atoms with E-state index in [2.05, 4.69) is 10.4 Å². The van der Waals surface area contributed by atoms with Gasteiger partial charge < -0.3 is 10.2 Å². The van der Waals surface area contributed by atoms with Crippen LogP contribution in [0.2, 0.25) is 5.02 Å². The van der Waals surface area contributed by atoms with E-state index in [4.69, 9.17) is 22.2 Å². The van der Waals surface area contributed by atoms with Crippen LogP contribution in [-0.4, -0.2) is 4.98 Å². The maximum Gasteiger partial charge on any atom is 0.219 e. The maximum absolute atomic E-state index is 5.95. The van der Waals surface area contributed by atoms with Gasteiger partial charge >= 0.3 is 0 Å². The lowest BCUT2D eigenvalue weighted by atomic mass is 10.3. The fourth-order valence-corrected chi connectivity index (χ4v) is 1.43. The van der Waals surface area contributed by atoms with Gasteiger partial charge in [0.2, 0.25) is 5.88 Å². The highest BCUT2D eigenvalue weighted by Crippen LogP contribution is 2.28. The maximum atomic E-state index is 5.95. The molecule has 1 aromatic heterocycles. The Morgan fingerprint density at radius 3 is 2.65 bits per heavy atom. The third-order valence-corrected chi connectivity index (χ3v) is 2.27. The van der Waals surface area contributed by atoms with Crippen molar-refractivity contribution < 1.29 is 4.74 Å². The van der Waals surface area contributed by atoms with Crippen molar-refractivity contribution in [3.63, 3.8) is 0 Å². The number of nitrogen functional groups attached to an aromatic ring is 1. The van der Waals surface area contributed by atoms with Crippen LogP contribution in [0.4, 0.5) is 5.69 Å². The van der Waals surface area contributed by atoms with Gasteiger partial charge in [-0.05, 0) is 18.2 Å². The van der Waals surface area contributed by atoms with E-state index < -0.39 is 0 Å². The number of nitrogens with two attached hydrogens (primary N) is 1. The SMILES string of the molecule is Cl.NNc1ccc(Oc2ccccn2)cc1Cl. The van der Waals surface area contributed by atoms with Gasteiger partial charge in [-0.25, -0.2) is 4.98 Å². The number of halogens is 2. The summed E-state index contributed by atoms with van der Waals surface area (Å²) < 4.78 is 5.49. The van der Waals surface area contributed by atoms with Crippen LogP contribution < -0.4 is 16.0 Å². The molecule has 3 N–H and O–H groups in total. The first-order valence-corrected chi connectivity index (χ1v) is 5.02. The first-order valence-electron chi connectivity index (χ1n) is 4.64. The van der Waals surface area contributed by atoms with E-state index in [9.17, 15) is 0 Å². The van der Waals surface area contributed by atoms with Gasteiger partial charge in [-0.2, -0.15) is 0 Å². The molecule has 0 saturated heterocycles. The molecule has 6 heteroatoms. The van der Waals surface area contributed by atoms with E-state index in [-0.39, 0.29) is 12.4 Å². The van der Waals surface area contributed by atoms with Crippen molar-refractivity contribution in [2.45, 2.75) is 0 Å². The number of aromatic nitrogens is 1. The summed E-state index contributed by atoms with van der Waals surface area (Å²) in [7, 11) is 0. The van der Waals surface area contributed by atoms with Crippen LogP contribution in [0.3, 0.4) is 0 Å². The number of hydrogen-bond acceptors (Lipinski definition) is 4. The monoisotopic (exact) mass is 271 g/mol. The molecule has 4 nitrogen and oxygen atoms in total. The first-order chi connectivity index (χ1) is 7.79. The van der Waals surface area contributed by atoms with Gasteiger partial charge in [0, 0.05) is 18.3 Å². The molecule has 0 atom stereocenters. The second-order valence-electron chi connectivity index (χ2n) is 3.06. The van der Waals surface area contributed by atoms with Crippen molar-refractivity contribution in [2.75, 3.05) is 5.43 Å². The zero-order valence-electron chi connectivity index (χ0n) is 8.76. The number of hydrogen-bond donors (Lipinski definition) is 2. The summed E-state index contributed by atoms with van der Waals surface area (Å²) in [4.78, 5) is 4.04. The van der Waals surface area contributed by atoms with Crippen LogP contribution in [0.25, 0.3) is 0 Å². The fraction of sp³-hybridized carbons (Fsp3) is 0. The molecule has 1 heterocycles. The minimum atomic E-state index is 0. The molecular formula is C11H11Cl2N3O. The van der Waals surface area contributed by atoms with E-state index >= 15 is 0 Å². The van der Waals surface area contributed by atoms with E-state index in [1.807, 2.05) is 12.1 Å². The van der Waals surface area contributed by atoms with Crippen LogP contribution in [0.15, 0.2) is 42.6 Å². The van der Waals surface area contributed by atoms with Gasteiger partial charge in [-0.3, -0.25) is 5.84 Å². The number of rotatable bonds is 3. The Bertz CT molecular complexity index is 479. The summed E-state index contributed by atoms with van der Waals surface area (Å²) in [5.74, 6) is 6.40. The summed E-state index contributed by atoms with van der Waals surface area (Å²) in [6, 6.07) is 10.6. The second-order valence-corrected chi connectivity index (χ2v) is 3.46. The standard InChI is InChI=1S/C11H10ClN3O.ClH/c12-9-7-8(4-5-10(9)15-13)16-11-3-1-2-6-14-11;/h1-7,15H,13H2;1H. The van der Waals surface area contributed by atoms with Crippen LogP contribution in [0, 0.1) is 0 Å². The lowest BCUT2D eigenvalue weighted by molar-refractivity contribution is 0.463. The molecule has 0 aliphatic rings. The predicted octanol–water partition coefficient (Wildman–Crippen LogP) is 3.23. The van der Waals surface area contributed by atoms with Crippen molar-refractivity contribution in [3.8, 4) is 11.6 Å². The highest BCUT2D eigenvalue weighted by Gasteiger charge is 2.02. The molecule has 0 aliphatic heterocycles. The largest absolute Gasteiger partial charge is 0.439 e. The molecule has 0 amide bonds. The molecule has 0 saturated carbocycles. The van der Waals surface area contributed by atoms with E-state index in [0.29, 0.717) is 22.3 Å². The highest BCUT2D eigenvalue weighted by atomic mass is 35.5. The molecule has 1 aromatic carbocycles. The number of hydrazine groups is 1. The van der Waals surface area contributed by atoms with Crippen molar-refractivity contribution in [2.24, 2.45) is 5.84 Å². The topological polar surface area (TPSA) is 60.2 Å². The van der Waals surface area contributed by atoms with Gasteiger partial charge in [-0.15, -0.1) is 12.4 Å². The third-order valence-electron chi connectivity index (χ3n) is 1.96. The highest BCUT2D eigenvalue weighted by molar-refractivity contribution is 6.33. The lowest BCUT2D eigenvalue weighted by Gasteiger charge is -2.07. The average Bonchev–Trinajstić information content (AvgIpc) is 2.31. The Kier molecular flexibility index (Phi) is 5.03. The van der Waals surface area contributed by atoms with E-state index in [1.54, 1.807) is 30.5 Å². The molecule has 0 radical (unpaired) electrons. The van der Waals surface area contributed by atoms with E-state index in [1.165, 1.54) is 0 Å². The normalized spacial score (nSPS) is 9.29. The summed E-state index contributed by atoms with van der Waals surface area (Å²) in [5.41, 5.74) is 3.13. The van der Waals surface area contributed by atoms with Gasteiger partial charge in [-0.1, -0.05) is 17.7 Å². The van der Waals surface area contributed by atoms with Crippen molar-refractivity contribution in [3.05, 3.63) is 47.6 Å². The van der Waals surface area contributed by atoms with Gasteiger partial charge in [0.15, 0.2) is 0 Å². The second kappa shape index (κ2) is 6.30. The van der Waals surface area contributed by atoms with Crippen molar-refractivity contribution in [1.82, 2.24) is 4.98 Å². The van der Waals surface area contributed by atoms with Crippen molar-refractivity contribution >= 4 is 29.7 Å². The molecule has 17 heavy (non-hydrogen) atoms. The third kappa shape index (κ3) is 3.49. The summed E-state index contributed by atoms with van der Waals surface area (Å²) in [5, 5.41) is 0.496. The number of pyridine rings is 1. The molecule has 90 valence electrons. The number of nitrogens with zero attached hydrogens (tertiary/aromatic N) is 1. The first kappa shape index (κ1) is 13.6. The quantitative estimate of drug-likeness (QED) is 0.665. The molecule has 2 rings (SSSR count). The number of ether oxygens (including phenoxy) is 1. The Morgan fingerprint density at radius 2 is 2.06 bits per heavy atom. The zero-order valence-corrected chi connectivity index (χ0v) is 10.3. The summed E-state index contributed by atoms with van der Waals surface area (Å²) in [6.45, 7) is 0. The minimum Gasteiger partial charge on any atom is -0.439 e. The smallest absolute Gasteiger partial charge is 0.219 e. The van der Waals surface area contributed by atoms with Crippen LogP contribution in [-0.2, 0) is 0 Å². The minimum absolute atomic E-state index is 0. The van der Waals surface area contributed by atoms with Crippen molar-refractivity contribution in [1.29, 1.82) is 0 Å². The molecule has 0 unspecified atom stereocenters. The molecule has 0 aliphatic carbocycles. The number of anilines is 1. The Labute approximate surface area is 110 Å².